The molecule has 0 unspecified atom stereocenters. The van der Waals surface area contributed by atoms with E-state index < -0.39 is 0 Å². The molecule has 22 heavy (non-hydrogen) atoms. The Hall–Kier alpha value is -1.42. The minimum absolute atomic E-state index is 0.0278. The highest BCUT2D eigenvalue weighted by atomic mass is 32.2. The van der Waals surface area contributed by atoms with Crippen molar-refractivity contribution in [2.75, 3.05) is 6.26 Å². The van der Waals surface area contributed by atoms with E-state index in [-0.39, 0.29) is 5.91 Å². The number of aromatic amines is 1. The Morgan fingerprint density at radius 3 is 2.91 bits per heavy atom. The van der Waals surface area contributed by atoms with E-state index in [9.17, 15) is 4.79 Å². The van der Waals surface area contributed by atoms with Gasteiger partial charge >= 0.3 is 0 Å². The average molecular weight is 316 g/mol. The maximum atomic E-state index is 12.5. The Bertz CT molecular complexity index is 692. The third kappa shape index (κ3) is 3.02. The molecular weight excluding hydrogens is 292 g/mol. The maximum absolute atomic E-state index is 12.5. The van der Waals surface area contributed by atoms with Crippen molar-refractivity contribution in [3.8, 4) is 0 Å². The number of amides is 1. The summed E-state index contributed by atoms with van der Waals surface area (Å²) in [4.78, 5) is 15.8. The molecule has 1 aliphatic rings. The van der Waals surface area contributed by atoms with Crippen molar-refractivity contribution in [2.45, 2.75) is 50.8 Å². The molecule has 2 atom stereocenters. The van der Waals surface area contributed by atoms with Crippen molar-refractivity contribution in [1.82, 2.24) is 10.3 Å². The maximum Gasteiger partial charge on any atom is 0.267 e. The lowest BCUT2D eigenvalue weighted by molar-refractivity contribution is 0.0924. The van der Waals surface area contributed by atoms with Crippen LogP contribution in [0.4, 0.5) is 0 Å². The van der Waals surface area contributed by atoms with E-state index in [0.29, 0.717) is 17.0 Å². The van der Waals surface area contributed by atoms with E-state index in [4.69, 9.17) is 0 Å². The zero-order chi connectivity index (χ0) is 15.7. The molecule has 0 radical (unpaired) electrons. The fourth-order valence-electron chi connectivity index (χ4n) is 3.33. The van der Waals surface area contributed by atoms with E-state index in [0.717, 1.165) is 23.7 Å². The molecule has 2 aromatic rings. The summed E-state index contributed by atoms with van der Waals surface area (Å²) in [7, 11) is 0. The van der Waals surface area contributed by atoms with Gasteiger partial charge in [0.25, 0.3) is 5.91 Å². The van der Waals surface area contributed by atoms with E-state index >= 15 is 0 Å². The second-order valence-electron chi connectivity index (χ2n) is 6.35. The van der Waals surface area contributed by atoms with Crippen LogP contribution in [0, 0.1) is 13.8 Å². The second kappa shape index (κ2) is 6.37. The van der Waals surface area contributed by atoms with Gasteiger partial charge in [-0.3, -0.25) is 4.79 Å². The third-order valence-electron chi connectivity index (χ3n) is 4.88. The number of aryl methyl sites for hydroxylation is 2. The van der Waals surface area contributed by atoms with Gasteiger partial charge in [0.15, 0.2) is 0 Å². The summed E-state index contributed by atoms with van der Waals surface area (Å²) in [5.74, 6) is 0.0278. The van der Waals surface area contributed by atoms with Crippen LogP contribution in [0.15, 0.2) is 18.2 Å². The number of hydrogen-bond donors (Lipinski definition) is 2. The van der Waals surface area contributed by atoms with E-state index in [2.05, 4.69) is 42.5 Å². The molecule has 1 fully saturated rings. The van der Waals surface area contributed by atoms with Crippen LogP contribution < -0.4 is 5.32 Å². The minimum atomic E-state index is 0.0278. The first-order valence-corrected chi connectivity index (χ1v) is 9.30. The molecule has 0 bridgehead atoms. The molecule has 1 aromatic carbocycles. The molecule has 4 heteroatoms. The summed E-state index contributed by atoms with van der Waals surface area (Å²) in [5.41, 5.74) is 4.22. The van der Waals surface area contributed by atoms with E-state index in [1.165, 1.54) is 24.0 Å². The predicted octanol–water partition coefficient (Wildman–Crippen LogP) is 4.19. The largest absolute Gasteiger partial charge is 0.351 e. The number of rotatable bonds is 3. The lowest BCUT2D eigenvalue weighted by Crippen LogP contribution is -2.39. The summed E-state index contributed by atoms with van der Waals surface area (Å²) in [6, 6.07) is 6.45. The van der Waals surface area contributed by atoms with Gasteiger partial charge in [0.05, 0.1) is 0 Å². The zero-order valence-corrected chi connectivity index (χ0v) is 14.3. The van der Waals surface area contributed by atoms with Crippen LogP contribution in [-0.2, 0) is 0 Å². The summed E-state index contributed by atoms with van der Waals surface area (Å²) >= 11 is 1.92. The van der Waals surface area contributed by atoms with Crippen molar-refractivity contribution >= 4 is 28.6 Å². The van der Waals surface area contributed by atoms with Crippen LogP contribution in [-0.4, -0.2) is 28.4 Å². The van der Waals surface area contributed by atoms with Crippen LogP contribution in [0.2, 0.25) is 0 Å². The number of H-pyrrole nitrogens is 1. The van der Waals surface area contributed by atoms with Crippen molar-refractivity contribution in [3.63, 3.8) is 0 Å². The van der Waals surface area contributed by atoms with E-state index in [1.807, 2.05) is 17.8 Å². The Kier molecular flexibility index (Phi) is 4.48. The topological polar surface area (TPSA) is 44.9 Å². The normalized spacial score (nSPS) is 22.0. The number of carbonyl (C=O) groups excluding carboxylic acids is 1. The standard InChI is InChI=1S/C18H24N2OS/c1-11-7-8-16-15(12(11)2)10-17(20-16)18(21)19-13-5-4-6-14(9-13)22-3/h7-8,10,13-14,20H,4-6,9H2,1-3H3,(H,19,21)/t13-,14-/m1/s1. The molecule has 1 aromatic heterocycles. The molecule has 2 N–H and O–H groups in total. The van der Waals surface area contributed by atoms with E-state index in [1.54, 1.807) is 0 Å². The summed E-state index contributed by atoms with van der Waals surface area (Å²) in [6.07, 6.45) is 6.84. The molecule has 0 aliphatic heterocycles. The summed E-state index contributed by atoms with van der Waals surface area (Å²) in [6.45, 7) is 4.21. The number of hydrogen-bond acceptors (Lipinski definition) is 2. The zero-order valence-electron chi connectivity index (χ0n) is 13.5. The first-order valence-electron chi connectivity index (χ1n) is 8.01. The number of fused-ring (bicyclic) bond motifs is 1. The lowest BCUT2D eigenvalue weighted by Gasteiger charge is -2.28. The van der Waals surface area contributed by atoms with Crippen LogP contribution in [0.1, 0.15) is 47.3 Å². The first kappa shape index (κ1) is 15.5. The number of nitrogens with one attached hydrogen (secondary N) is 2. The number of thioether (sulfide) groups is 1. The highest BCUT2D eigenvalue weighted by Gasteiger charge is 2.23. The highest BCUT2D eigenvalue weighted by Crippen LogP contribution is 2.27. The lowest BCUT2D eigenvalue weighted by atomic mass is 9.95. The van der Waals surface area contributed by atoms with Gasteiger partial charge in [0.2, 0.25) is 0 Å². The van der Waals surface area contributed by atoms with Crippen LogP contribution >= 0.6 is 11.8 Å². The van der Waals surface area contributed by atoms with Crippen LogP contribution in [0.5, 0.6) is 0 Å². The predicted molar refractivity (Wildman–Crippen MR) is 94.8 cm³/mol. The molecule has 0 saturated heterocycles. The fourth-order valence-corrected chi connectivity index (χ4v) is 4.16. The molecule has 0 spiro atoms. The quantitative estimate of drug-likeness (QED) is 0.892. The second-order valence-corrected chi connectivity index (χ2v) is 7.48. The summed E-state index contributed by atoms with van der Waals surface area (Å²) < 4.78 is 0. The van der Waals surface area contributed by atoms with Crippen LogP contribution in [0.3, 0.4) is 0 Å². The van der Waals surface area contributed by atoms with Gasteiger partial charge < -0.3 is 10.3 Å². The Balaban J connectivity index is 1.76. The van der Waals surface area contributed by atoms with Gasteiger partial charge in [-0.2, -0.15) is 11.8 Å². The van der Waals surface area contributed by atoms with Crippen LogP contribution in [0.25, 0.3) is 10.9 Å². The van der Waals surface area contributed by atoms with Gasteiger partial charge in [-0.05, 0) is 62.6 Å². The van der Waals surface area contributed by atoms with Gasteiger partial charge in [-0.25, -0.2) is 0 Å². The smallest absolute Gasteiger partial charge is 0.267 e. The van der Waals surface area contributed by atoms with Gasteiger partial charge in [0.1, 0.15) is 5.69 Å². The van der Waals surface area contributed by atoms with Crippen molar-refractivity contribution in [2.24, 2.45) is 0 Å². The SMILES string of the molecule is CS[C@@H]1CCC[C@@H](NC(=O)c2cc3c(C)c(C)ccc3[nH]2)C1. The molecule has 1 heterocycles. The Morgan fingerprint density at radius 2 is 2.14 bits per heavy atom. The number of benzene rings is 1. The monoisotopic (exact) mass is 316 g/mol. The molecule has 3 nitrogen and oxygen atoms in total. The van der Waals surface area contributed by atoms with Gasteiger partial charge in [-0.15, -0.1) is 0 Å². The number of carbonyl (C=O) groups is 1. The third-order valence-corrected chi connectivity index (χ3v) is 5.98. The molecule has 3 rings (SSSR count). The molecular formula is C18H24N2OS. The first-order chi connectivity index (χ1) is 10.6. The minimum Gasteiger partial charge on any atom is -0.351 e. The van der Waals surface area contributed by atoms with Gasteiger partial charge in [0, 0.05) is 22.2 Å². The fraction of sp³-hybridized carbons (Fsp3) is 0.500. The molecule has 1 amide bonds. The molecule has 1 aliphatic carbocycles. The van der Waals surface area contributed by atoms with Crippen molar-refractivity contribution in [1.29, 1.82) is 0 Å². The average Bonchev–Trinajstić information content (AvgIpc) is 2.96. The van der Waals surface area contributed by atoms with Gasteiger partial charge in [-0.1, -0.05) is 12.5 Å². The Labute approximate surface area is 136 Å². The molecule has 1 saturated carbocycles. The van der Waals surface area contributed by atoms with Crippen molar-refractivity contribution in [3.05, 3.63) is 35.0 Å². The Morgan fingerprint density at radius 1 is 1.32 bits per heavy atom. The summed E-state index contributed by atoms with van der Waals surface area (Å²) in [5, 5.41) is 5.05. The van der Waals surface area contributed by atoms with Crippen molar-refractivity contribution < 1.29 is 4.79 Å². The number of aromatic nitrogens is 1. The highest BCUT2D eigenvalue weighted by molar-refractivity contribution is 7.99. The molecule has 118 valence electrons.